The average molecular weight is 310 g/mol. The molecule has 0 aliphatic heterocycles. The van der Waals surface area contributed by atoms with Crippen LogP contribution in [0.25, 0.3) is 0 Å². The number of rotatable bonds is 4. The van der Waals surface area contributed by atoms with Gasteiger partial charge in [0.1, 0.15) is 0 Å². The first kappa shape index (κ1) is 14.8. The van der Waals surface area contributed by atoms with Gasteiger partial charge in [0.2, 0.25) is 9.84 Å². The SMILES string of the molecule is CSC(SC)=C(N)S(=O)(=O)c1ccc(Cl)cc1. The van der Waals surface area contributed by atoms with Crippen molar-refractivity contribution in [2.45, 2.75) is 4.90 Å². The third-order valence-electron chi connectivity index (χ3n) is 1.99. The van der Waals surface area contributed by atoms with Crippen molar-refractivity contribution in [3.8, 4) is 0 Å². The van der Waals surface area contributed by atoms with Gasteiger partial charge in [-0.3, -0.25) is 0 Å². The van der Waals surface area contributed by atoms with Crippen LogP contribution in [0.5, 0.6) is 0 Å². The van der Waals surface area contributed by atoms with E-state index in [9.17, 15) is 8.42 Å². The Morgan fingerprint density at radius 1 is 1.18 bits per heavy atom. The molecule has 0 fully saturated rings. The van der Waals surface area contributed by atoms with Crippen molar-refractivity contribution < 1.29 is 8.42 Å². The molecule has 17 heavy (non-hydrogen) atoms. The monoisotopic (exact) mass is 309 g/mol. The smallest absolute Gasteiger partial charge is 0.222 e. The molecule has 0 aliphatic carbocycles. The van der Waals surface area contributed by atoms with E-state index in [4.69, 9.17) is 17.3 Å². The Kier molecular flexibility index (Phi) is 5.24. The average Bonchev–Trinajstić information content (AvgIpc) is 2.31. The lowest BCUT2D eigenvalue weighted by atomic mass is 10.4. The van der Waals surface area contributed by atoms with Gasteiger partial charge in [0, 0.05) is 5.02 Å². The van der Waals surface area contributed by atoms with Crippen LogP contribution < -0.4 is 5.73 Å². The number of hydrogen-bond acceptors (Lipinski definition) is 5. The Bertz CT molecular complexity index is 517. The normalized spacial score (nSPS) is 11.2. The Morgan fingerprint density at radius 2 is 1.65 bits per heavy atom. The van der Waals surface area contributed by atoms with Gasteiger partial charge < -0.3 is 5.73 Å². The molecule has 7 heteroatoms. The van der Waals surface area contributed by atoms with E-state index in [1.54, 1.807) is 12.5 Å². The van der Waals surface area contributed by atoms with Gasteiger partial charge in [0.25, 0.3) is 0 Å². The van der Waals surface area contributed by atoms with Gasteiger partial charge in [0.15, 0.2) is 5.03 Å². The van der Waals surface area contributed by atoms with Crippen LogP contribution in [0, 0.1) is 0 Å². The molecule has 0 atom stereocenters. The zero-order valence-corrected chi connectivity index (χ0v) is 12.5. The lowest BCUT2D eigenvalue weighted by Gasteiger charge is -2.08. The van der Waals surface area contributed by atoms with Gasteiger partial charge in [-0.25, -0.2) is 8.42 Å². The summed E-state index contributed by atoms with van der Waals surface area (Å²) >= 11 is 8.34. The fraction of sp³-hybridized carbons (Fsp3) is 0.200. The number of thioether (sulfide) groups is 2. The zero-order chi connectivity index (χ0) is 13.1. The molecule has 1 aromatic carbocycles. The molecular formula is C10H12ClNO2S3. The zero-order valence-electron chi connectivity index (χ0n) is 9.31. The van der Waals surface area contributed by atoms with Gasteiger partial charge in [-0.15, -0.1) is 23.5 Å². The third kappa shape index (κ3) is 3.34. The van der Waals surface area contributed by atoms with Crippen LogP contribution in [-0.4, -0.2) is 20.9 Å². The first-order chi connectivity index (χ1) is 7.93. The molecule has 0 saturated carbocycles. The van der Waals surface area contributed by atoms with Crippen LogP contribution >= 0.6 is 35.1 Å². The van der Waals surface area contributed by atoms with E-state index in [1.165, 1.54) is 47.8 Å². The van der Waals surface area contributed by atoms with Crippen molar-refractivity contribution in [3.05, 3.63) is 38.6 Å². The Morgan fingerprint density at radius 3 is 2.06 bits per heavy atom. The van der Waals surface area contributed by atoms with Gasteiger partial charge in [0.05, 0.1) is 9.13 Å². The van der Waals surface area contributed by atoms with Gasteiger partial charge in [-0.1, -0.05) is 11.6 Å². The number of nitrogens with two attached hydrogens (primary N) is 1. The number of sulfone groups is 1. The molecule has 0 unspecified atom stereocenters. The van der Waals surface area contributed by atoms with Crippen LogP contribution in [0.15, 0.2) is 38.4 Å². The summed E-state index contributed by atoms with van der Waals surface area (Å²) in [5, 5.41) is 0.376. The fourth-order valence-corrected chi connectivity index (χ4v) is 4.46. The Balaban J connectivity index is 3.29. The molecule has 94 valence electrons. The van der Waals surface area contributed by atoms with E-state index < -0.39 is 9.84 Å². The lowest BCUT2D eigenvalue weighted by molar-refractivity contribution is 0.601. The molecule has 0 saturated heterocycles. The van der Waals surface area contributed by atoms with E-state index in [-0.39, 0.29) is 9.92 Å². The minimum absolute atomic E-state index is 0.111. The topological polar surface area (TPSA) is 60.2 Å². The molecule has 0 spiro atoms. The summed E-state index contributed by atoms with van der Waals surface area (Å²) in [5.74, 6) is 0. The summed E-state index contributed by atoms with van der Waals surface area (Å²) in [4.78, 5) is 0.153. The highest BCUT2D eigenvalue weighted by Crippen LogP contribution is 2.30. The molecule has 0 radical (unpaired) electrons. The van der Waals surface area contributed by atoms with Crippen molar-refractivity contribution in [3.63, 3.8) is 0 Å². The molecule has 0 amide bonds. The van der Waals surface area contributed by atoms with Crippen molar-refractivity contribution >= 4 is 45.0 Å². The maximum Gasteiger partial charge on any atom is 0.222 e. The number of hydrogen-bond donors (Lipinski definition) is 1. The van der Waals surface area contributed by atoms with Gasteiger partial charge in [-0.05, 0) is 36.8 Å². The fourth-order valence-electron chi connectivity index (χ4n) is 1.13. The molecule has 0 heterocycles. The standard InChI is InChI=1S/C10H12ClNO2S3/c1-15-10(16-2)9(12)17(13,14)8-5-3-7(11)4-6-8/h3-6H,12H2,1-2H3. The van der Waals surface area contributed by atoms with E-state index in [1.807, 2.05) is 0 Å². The largest absolute Gasteiger partial charge is 0.388 e. The predicted molar refractivity (Wildman–Crippen MR) is 76.9 cm³/mol. The second kappa shape index (κ2) is 6.04. The summed E-state index contributed by atoms with van der Waals surface area (Å²) in [6.07, 6.45) is 3.58. The highest BCUT2D eigenvalue weighted by molar-refractivity contribution is 8.22. The van der Waals surface area contributed by atoms with Gasteiger partial charge >= 0.3 is 0 Å². The highest BCUT2D eigenvalue weighted by Gasteiger charge is 2.21. The molecule has 2 N–H and O–H groups in total. The van der Waals surface area contributed by atoms with Crippen LogP contribution in [0.1, 0.15) is 0 Å². The van der Waals surface area contributed by atoms with Crippen molar-refractivity contribution in [1.29, 1.82) is 0 Å². The molecule has 0 aliphatic rings. The molecule has 0 aromatic heterocycles. The number of halogens is 1. The first-order valence-electron chi connectivity index (χ1n) is 4.52. The van der Waals surface area contributed by atoms with E-state index in [0.29, 0.717) is 9.26 Å². The molecule has 0 bridgehead atoms. The summed E-state index contributed by atoms with van der Waals surface area (Å²) in [7, 11) is -3.62. The van der Waals surface area contributed by atoms with E-state index >= 15 is 0 Å². The minimum atomic E-state index is -3.62. The molecule has 1 aromatic rings. The van der Waals surface area contributed by atoms with Crippen LogP contribution in [0.4, 0.5) is 0 Å². The molecular weight excluding hydrogens is 298 g/mol. The second-order valence-corrected chi connectivity index (χ2v) is 7.26. The molecule has 3 nitrogen and oxygen atoms in total. The highest BCUT2D eigenvalue weighted by atomic mass is 35.5. The van der Waals surface area contributed by atoms with E-state index in [0.717, 1.165) is 0 Å². The van der Waals surface area contributed by atoms with Crippen molar-refractivity contribution in [2.24, 2.45) is 5.73 Å². The summed E-state index contributed by atoms with van der Waals surface area (Å²) in [5.41, 5.74) is 5.70. The quantitative estimate of drug-likeness (QED) is 0.926. The predicted octanol–water partition coefficient (Wildman–Crippen LogP) is 2.93. The molecule has 1 rings (SSSR count). The van der Waals surface area contributed by atoms with Crippen LogP contribution in [0.3, 0.4) is 0 Å². The van der Waals surface area contributed by atoms with Crippen LogP contribution in [-0.2, 0) is 9.84 Å². The Labute approximate surface area is 115 Å². The summed E-state index contributed by atoms with van der Waals surface area (Å²) in [6, 6.07) is 5.95. The lowest BCUT2D eigenvalue weighted by Crippen LogP contribution is -2.13. The summed E-state index contributed by atoms with van der Waals surface area (Å²) in [6.45, 7) is 0. The third-order valence-corrected chi connectivity index (χ3v) is 6.35. The second-order valence-electron chi connectivity index (χ2n) is 3.02. The van der Waals surface area contributed by atoms with Crippen molar-refractivity contribution in [2.75, 3.05) is 12.5 Å². The number of benzene rings is 1. The maximum atomic E-state index is 12.2. The first-order valence-corrected chi connectivity index (χ1v) is 8.83. The minimum Gasteiger partial charge on any atom is -0.388 e. The Hall–Kier alpha value is -0.300. The van der Waals surface area contributed by atoms with Crippen molar-refractivity contribution in [1.82, 2.24) is 0 Å². The summed E-state index contributed by atoms with van der Waals surface area (Å²) < 4.78 is 24.9. The van der Waals surface area contributed by atoms with E-state index in [2.05, 4.69) is 0 Å². The van der Waals surface area contributed by atoms with Crippen LogP contribution in [0.2, 0.25) is 5.02 Å². The van der Waals surface area contributed by atoms with Gasteiger partial charge in [-0.2, -0.15) is 0 Å². The maximum absolute atomic E-state index is 12.2.